The Balaban J connectivity index is 1.48. The Morgan fingerprint density at radius 2 is 1.86 bits per heavy atom. The van der Waals surface area contributed by atoms with Crippen molar-refractivity contribution in [1.29, 1.82) is 0 Å². The third kappa shape index (κ3) is 5.97. The molecule has 1 aliphatic heterocycles. The summed E-state index contributed by atoms with van der Waals surface area (Å²) in [6, 6.07) is 17.3. The van der Waals surface area contributed by atoms with Gasteiger partial charge in [0.2, 0.25) is 5.91 Å². The number of carbonyl (C=O) groups excluding carboxylic acids is 1. The molecule has 2 atom stereocenters. The number of para-hydroxylation sites is 1. The van der Waals surface area contributed by atoms with Gasteiger partial charge in [0, 0.05) is 30.6 Å². The van der Waals surface area contributed by atoms with Crippen LogP contribution in [0, 0.1) is 0 Å². The van der Waals surface area contributed by atoms with Crippen molar-refractivity contribution >= 4 is 23.5 Å². The average molecular weight is 401 g/mol. The van der Waals surface area contributed by atoms with Crippen molar-refractivity contribution in [3.63, 3.8) is 0 Å². The first-order valence-electron chi connectivity index (χ1n) is 9.51. The molecule has 0 spiro atoms. The normalized spacial score (nSPS) is 19.5. The molecule has 1 amide bonds. The Hall–Kier alpha value is -2.06. The molecule has 7 heteroatoms. The number of carbonyl (C=O) groups is 1. The van der Waals surface area contributed by atoms with E-state index >= 15 is 0 Å². The molecule has 2 aromatic rings. The lowest BCUT2D eigenvalue weighted by Gasteiger charge is -2.18. The fourth-order valence-corrected chi connectivity index (χ4v) is 4.01. The molecule has 150 valence electrons. The first kappa shape index (κ1) is 20.7. The summed E-state index contributed by atoms with van der Waals surface area (Å²) in [6.45, 7) is 1.84. The molecular weight excluding hydrogens is 372 g/mol. The van der Waals surface area contributed by atoms with Crippen LogP contribution >= 0.6 is 11.9 Å². The summed E-state index contributed by atoms with van der Waals surface area (Å²) < 4.78 is 9.25. The molecule has 1 heterocycles. The van der Waals surface area contributed by atoms with E-state index in [-0.39, 0.29) is 11.9 Å². The Morgan fingerprint density at radius 3 is 2.57 bits per heavy atom. The smallest absolute Gasteiger partial charge is 0.241 e. The van der Waals surface area contributed by atoms with Gasteiger partial charge in [-0.3, -0.25) is 14.4 Å². The summed E-state index contributed by atoms with van der Waals surface area (Å²) in [4.78, 5) is 14.8. The Bertz CT molecular complexity index is 742. The average Bonchev–Trinajstić information content (AvgIpc) is 3.08. The molecule has 0 radical (unpaired) electrons. The van der Waals surface area contributed by atoms with E-state index in [1.807, 2.05) is 68.7 Å². The van der Waals surface area contributed by atoms with Crippen molar-refractivity contribution in [2.45, 2.75) is 18.5 Å². The standard InChI is InChI=1S/C21H28N4O2S/c1-22-12-13-28-24-17-14-20(25(2)15-17)21(26)23-16-8-10-19(11-9-16)27-18-6-4-3-5-7-18/h3-11,17,20,22,24H,12-15H2,1-2H3,(H,23,26)/t17-,20+/m1/s1. The highest BCUT2D eigenvalue weighted by molar-refractivity contribution is 7.97. The van der Waals surface area contributed by atoms with Gasteiger partial charge in [0.1, 0.15) is 11.5 Å². The molecule has 1 fully saturated rings. The van der Waals surface area contributed by atoms with Crippen LogP contribution in [0.1, 0.15) is 6.42 Å². The van der Waals surface area contributed by atoms with Gasteiger partial charge in [0.15, 0.2) is 0 Å². The highest BCUT2D eigenvalue weighted by Crippen LogP contribution is 2.24. The van der Waals surface area contributed by atoms with Gasteiger partial charge in [-0.25, -0.2) is 0 Å². The maximum absolute atomic E-state index is 12.7. The molecule has 3 rings (SSSR count). The van der Waals surface area contributed by atoms with Gasteiger partial charge in [-0.05, 0) is 56.9 Å². The number of likely N-dealkylation sites (tertiary alicyclic amines) is 1. The summed E-state index contributed by atoms with van der Waals surface area (Å²) in [5, 5.41) is 6.15. The topological polar surface area (TPSA) is 65.6 Å². The second kappa shape index (κ2) is 10.5. The van der Waals surface area contributed by atoms with E-state index in [4.69, 9.17) is 4.74 Å². The van der Waals surface area contributed by atoms with Crippen LogP contribution in [0.4, 0.5) is 5.69 Å². The lowest BCUT2D eigenvalue weighted by atomic mass is 10.1. The van der Waals surface area contributed by atoms with Crippen LogP contribution in [0.15, 0.2) is 54.6 Å². The molecule has 6 nitrogen and oxygen atoms in total. The molecular formula is C21H28N4O2S. The Morgan fingerprint density at radius 1 is 1.14 bits per heavy atom. The van der Waals surface area contributed by atoms with Gasteiger partial charge in [0.05, 0.1) is 6.04 Å². The molecule has 1 aliphatic rings. The minimum Gasteiger partial charge on any atom is -0.457 e. The zero-order valence-corrected chi connectivity index (χ0v) is 17.2. The van der Waals surface area contributed by atoms with Crippen LogP contribution in [0.3, 0.4) is 0 Å². The minimum atomic E-state index is -0.123. The number of nitrogens with one attached hydrogen (secondary N) is 3. The van der Waals surface area contributed by atoms with Crippen molar-refractivity contribution in [2.75, 3.05) is 38.3 Å². The van der Waals surface area contributed by atoms with E-state index in [9.17, 15) is 4.79 Å². The zero-order valence-electron chi connectivity index (χ0n) is 16.4. The fourth-order valence-electron chi connectivity index (χ4n) is 3.18. The molecule has 0 saturated carbocycles. The molecule has 2 aromatic carbocycles. The summed E-state index contributed by atoms with van der Waals surface area (Å²) >= 11 is 1.71. The molecule has 28 heavy (non-hydrogen) atoms. The van der Waals surface area contributed by atoms with Gasteiger partial charge in [-0.1, -0.05) is 30.1 Å². The van der Waals surface area contributed by atoms with Crippen molar-refractivity contribution < 1.29 is 9.53 Å². The first-order valence-corrected chi connectivity index (χ1v) is 10.5. The second-order valence-corrected chi connectivity index (χ2v) is 7.82. The van der Waals surface area contributed by atoms with Crippen LogP contribution in [0.2, 0.25) is 0 Å². The third-order valence-corrected chi connectivity index (χ3v) is 5.56. The number of rotatable bonds is 9. The summed E-state index contributed by atoms with van der Waals surface area (Å²) in [7, 11) is 3.95. The van der Waals surface area contributed by atoms with Crippen LogP contribution in [0.5, 0.6) is 11.5 Å². The number of ether oxygens (including phenoxy) is 1. The summed E-state index contributed by atoms with van der Waals surface area (Å²) in [5.74, 6) is 2.57. The number of anilines is 1. The number of amides is 1. The molecule has 0 bridgehead atoms. The molecule has 1 saturated heterocycles. The second-order valence-electron chi connectivity index (χ2n) is 6.89. The Labute approximate surface area is 171 Å². The van der Waals surface area contributed by atoms with E-state index in [2.05, 4.69) is 20.3 Å². The predicted molar refractivity (Wildman–Crippen MR) is 116 cm³/mol. The number of hydrogen-bond donors (Lipinski definition) is 3. The van der Waals surface area contributed by atoms with Crippen molar-refractivity contribution in [1.82, 2.24) is 14.9 Å². The SMILES string of the molecule is CNCCSN[C@@H]1C[C@@H](C(=O)Nc2ccc(Oc3ccccc3)cc2)N(C)C1. The first-order chi connectivity index (χ1) is 13.7. The lowest BCUT2D eigenvalue weighted by molar-refractivity contribution is -0.119. The molecule has 0 aliphatic carbocycles. The summed E-state index contributed by atoms with van der Waals surface area (Å²) in [5.41, 5.74) is 0.776. The summed E-state index contributed by atoms with van der Waals surface area (Å²) in [6.07, 6.45) is 0.810. The van der Waals surface area contributed by atoms with Crippen molar-refractivity contribution in [3.05, 3.63) is 54.6 Å². The quantitative estimate of drug-likeness (QED) is 0.444. The number of hydrogen-bond acceptors (Lipinski definition) is 6. The van der Waals surface area contributed by atoms with E-state index < -0.39 is 0 Å². The molecule has 0 unspecified atom stereocenters. The number of nitrogens with zero attached hydrogens (tertiary/aromatic N) is 1. The molecule has 0 aromatic heterocycles. The zero-order chi connectivity index (χ0) is 19.8. The van der Waals surface area contributed by atoms with Gasteiger partial charge in [0.25, 0.3) is 0 Å². The highest BCUT2D eigenvalue weighted by Gasteiger charge is 2.34. The molecule has 3 N–H and O–H groups in total. The maximum Gasteiger partial charge on any atom is 0.241 e. The van der Waals surface area contributed by atoms with Crippen molar-refractivity contribution in [2.24, 2.45) is 0 Å². The minimum absolute atomic E-state index is 0.0313. The van der Waals surface area contributed by atoms with Gasteiger partial charge in [-0.15, -0.1) is 0 Å². The van der Waals surface area contributed by atoms with Crippen molar-refractivity contribution in [3.8, 4) is 11.5 Å². The number of likely N-dealkylation sites (N-methyl/N-ethyl adjacent to an activating group) is 1. The highest BCUT2D eigenvalue weighted by atomic mass is 32.2. The van der Waals surface area contributed by atoms with E-state index in [1.165, 1.54) is 0 Å². The monoisotopic (exact) mass is 400 g/mol. The third-order valence-electron chi connectivity index (χ3n) is 4.66. The van der Waals surface area contributed by atoms with E-state index in [0.29, 0.717) is 6.04 Å². The van der Waals surface area contributed by atoms with Crippen LogP contribution < -0.4 is 20.1 Å². The van der Waals surface area contributed by atoms with Gasteiger partial charge in [-0.2, -0.15) is 0 Å². The largest absolute Gasteiger partial charge is 0.457 e. The number of benzene rings is 2. The van der Waals surface area contributed by atoms with Gasteiger partial charge < -0.3 is 15.4 Å². The van der Waals surface area contributed by atoms with Crippen LogP contribution in [0.25, 0.3) is 0 Å². The van der Waals surface area contributed by atoms with Crippen LogP contribution in [-0.2, 0) is 4.79 Å². The maximum atomic E-state index is 12.7. The Kier molecular flexibility index (Phi) is 7.73. The predicted octanol–water partition coefficient (Wildman–Crippen LogP) is 2.95. The van der Waals surface area contributed by atoms with E-state index in [1.54, 1.807) is 11.9 Å². The van der Waals surface area contributed by atoms with Gasteiger partial charge >= 0.3 is 0 Å². The fraction of sp³-hybridized carbons (Fsp3) is 0.381. The van der Waals surface area contributed by atoms with Crippen LogP contribution in [-0.4, -0.2) is 55.8 Å². The lowest BCUT2D eigenvalue weighted by Crippen LogP contribution is -2.37. The van der Waals surface area contributed by atoms with E-state index in [0.717, 1.165) is 42.4 Å².